The van der Waals surface area contributed by atoms with E-state index >= 15 is 0 Å². The number of hydrogen-bond acceptors (Lipinski definition) is 5. The van der Waals surface area contributed by atoms with E-state index in [1.165, 1.54) is 19.1 Å². The van der Waals surface area contributed by atoms with Gasteiger partial charge in [-0.1, -0.05) is 38.0 Å². The van der Waals surface area contributed by atoms with Crippen LogP contribution in [0.3, 0.4) is 0 Å². The molecule has 0 saturated heterocycles. The van der Waals surface area contributed by atoms with Gasteiger partial charge < -0.3 is 10.8 Å². The van der Waals surface area contributed by atoms with Gasteiger partial charge in [-0.05, 0) is 59.2 Å². The zero-order valence-electron chi connectivity index (χ0n) is 19.6. The minimum absolute atomic E-state index is 0.113. The summed E-state index contributed by atoms with van der Waals surface area (Å²) in [6.45, 7) is 0.0713. The second-order valence-electron chi connectivity index (χ2n) is 9.29. The molecule has 5 unspecified atom stereocenters. The molecule has 1 saturated carbocycles. The number of nitrogens with one attached hydrogen (secondary N) is 3. The molecule has 35 heavy (non-hydrogen) atoms. The first-order valence-corrected chi connectivity index (χ1v) is 13.8. The minimum Gasteiger partial charge on any atom is -0.311 e. The second kappa shape index (κ2) is 13.1. The maximum Gasteiger partial charge on any atom is 0.242 e. The summed E-state index contributed by atoms with van der Waals surface area (Å²) in [5.74, 6) is 1.04. The van der Waals surface area contributed by atoms with Crippen LogP contribution in [0.2, 0.25) is 0 Å². The predicted molar refractivity (Wildman–Crippen MR) is 136 cm³/mol. The van der Waals surface area contributed by atoms with Crippen molar-refractivity contribution >= 4 is 41.1 Å². The van der Waals surface area contributed by atoms with Crippen LogP contribution >= 0.6 is 11.9 Å². The Morgan fingerprint density at radius 3 is 2.60 bits per heavy atom. The molecule has 1 aromatic carbocycles. The van der Waals surface area contributed by atoms with Crippen molar-refractivity contribution in [2.45, 2.75) is 67.9 Å². The fourth-order valence-corrected chi connectivity index (χ4v) is 6.31. The van der Waals surface area contributed by atoms with E-state index < -0.39 is 42.1 Å². The molecule has 194 valence electrons. The Balaban J connectivity index is 1.79. The quantitative estimate of drug-likeness (QED) is 0.136. The molecule has 3 rings (SSSR count). The summed E-state index contributed by atoms with van der Waals surface area (Å²) in [7, 11) is -1.91. The van der Waals surface area contributed by atoms with Crippen molar-refractivity contribution in [3.63, 3.8) is 0 Å². The highest BCUT2D eigenvalue weighted by Crippen LogP contribution is 2.46. The third kappa shape index (κ3) is 7.69. The third-order valence-corrected chi connectivity index (χ3v) is 8.87. The van der Waals surface area contributed by atoms with Crippen molar-refractivity contribution in [1.29, 1.82) is 10.8 Å². The maximum absolute atomic E-state index is 13.0. The van der Waals surface area contributed by atoms with Gasteiger partial charge in [0, 0.05) is 18.9 Å². The molecule has 11 heteroatoms. The lowest BCUT2D eigenvalue weighted by molar-refractivity contribution is 0.149. The highest BCUT2D eigenvalue weighted by atomic mass is 32.2. The Labute approximate surface area is 210 Å². The van der Waals surface area contributed by atoms with Crippen LogP contribution in [0.4, 0.5) is 17.6 Å². The van der Waals surface area contributed by atoms with Crippen LogP contribution in [0.5, 0.6) is 0 Å². The predicted octanol–water partition coefficient (Wildman–Crippen LogP) is 5.45. The lowest BCUT2D eigenvalue weighted by Gasteiger charge is -2.24. The average molecular weight is 533 g/mol. The molecule has 0 heterocycles. The Hall–Kier alpha value is -1.59. The smallest absolute Gasteiger partial charge is 0.242 e. The molecule has 0 radical (unpaired) electrons. The summed E-state index contributed by atoms with van der Waals surface area (Å²) >= 11 is 1.15. The van der Waals surface area contributed by atoms with E-state index in [1.807, 2.05) is 6.07 Å². The first-order valence-electron chi connectivity index (χ1n) is 11.8. The van der Waals surface area contributed by atoms with Gasteiger partial charge in [-0.3, -0.25) is 0 Å². The molecule has 5 nitrogen and oxygen atoms in total. The molecule has 0 aromatic heterocycles. The molecule has 5 atom stereocenters. The normalized spacial score (nSPS) is 24.5. The topological polar surface area (TPSA) is 89.2 Å². The van der Waals surface area contributed by atoms with E-state index in [9.17, 15) is 21.8 Å². The summed E-state index contributed by atoms with van der Waals surface area (Å²) in [6.07, 6.45) is 3.54. The fraction of sp³-hybridized carbons (Fsp3) is 0.625. The van der Waals surface area contributed by atoms with Crippen LogP contribution in [-0.4, -0.2) is 58.7 Å². The zero-order valence-corrected chi connectivity index (χ0v) is 21.2. The summed E-state index contributed by atoms with van der Waals surface area (Å²) in [4.78, 5) is 0. The number of hydrogen-bond donors (Lipinski definition) is 3. The Morgan fingerprint density at radius 1 is 1.29 bits per heavy atom. The van der Waals surface area contributed by atoms with Crippen LogP contribution < -0.4 is 4.72 Å². The van der Waals surface area contributed by atoms with E-state index in [-0.39, 0.29) is 23.5 Å². The molecule has 0 amide bonds. The van der Waals surface area contributed by atoms with E-state index in [0.29, 0.717) is 23.6 Å². The van der Waals surface area contributed by atoms with Crippen LogP contribution in [0, 0.1) is 22.7 Å². The first-order chi connectivity index (χ1) is 16.8. The summed E-state index contributed by atoms with van der Waals surface area (Å²) in [5.41, 5.74) is 2.61. The number of fused-ring (bicyclic) bond motifs is 1. The zero-order chi connectivity index (χ0) is 25.5. The maximum atomic E-state index is 13.0. The molecule has 2 aliphatic rings. The SMILES string of the molecule is CC1c2cc(CC(F)F)ccc2C(=N)C(SN=CC(C=N)S(=O)NC(CF)CF)CC1CC1CC1. The summed E-state index contributed by atoms with van der Waals surface area (Å²) in [6, 6.07) is 4.04. The second-order valence-corrected chi connectivity index (χ2v) is 11.7. The summed E-state index contributed by atoms with van der Waals surface area (Å²) in [5, 5.41) is 15.1. The average Bonchev–Trinajstić information content (AvgIpc) is 3.66. The van der Waals surface area contributed by atoms with Gasteiger partial charge in [-0.2, -0.15) is 0 Å². The van der Waals surface area contributed by atoms with E-state index in [0.717, 1.165) is 35.7 Å². The van der Waals surface area contributed by atoms with Crippen molar-refractivity contribution in [3.8, 4) is 0 Å². The number of nitrogens with zero attached hydrogens (tertiary/aromatic N) is 1. The summed E-state index contributed by atoms with van der Waals surface area (Å²) < 4.78 is 70.4. The highest BCUT2D eigenvalue weighted by Gasteiger charge is 2.36. The molecule has 1 aromatic rings. The van der Waals surface area contributed by atoms with Gasteiger partial charge in [0.15, 0.2) is 0 Å². The van der Waals surface area contributed by atoms with Gasteiger partial charge in [-0.25, -0.2) is 30.9 Å². The van der Waals surface area contributed by atoms with E-state index in [4.69, 9.17) is 10.8 Å². The Kier molecular flexibility index (Phi) is 10.5. The molecule has 0 bridgehead atoms. The number of benzene rings is 1. The molecular weight excluding hydrogens is 500 g/mol. The van der Waals surface area contributed by atoms with Crippen LogP contribution in [0.1, 0.15) is 55.2 Å². The largest absolute Gasteiger partial charge is 0.311 e. The lowest BCUT2D eigenvalue weighted by atomic mass is 9.81. The molecule has 0 aliphatic heterocycles. The van der Waals surface area contributed by atoms with Crippen molar-refractivity contribution < 1.29 is 21.8 Å². The standard InChI is InChI=1S/C24H32F4N4OS2/c1-14-17(6-15-2-3-15)9-22(24(30)20-5-4-16(7-21(14)20)8-23(27)28)34-31-13-19(12-29)35(33)32-18(10-25)11-26/h4-5,7,12-15,17-19,22-23,29-30,32H,2-3,6,8-11H2,1H3. The van der Waals surface area contributed by atoms with Crippen molar-refractivity contribution in [2.75, 3.05) is 13.3 Å². The van der Waals surface area contributed by atoms with Crippen LogP contribution in [-0.2, 0) is 17.4 Å². The molecular formula is C24H32F4N4OS2. The molecule has 1 fully saturated rings. The van der Waals surface area contributed by atoms with Crippen molar-refractivity contribution in [3.05, 3.63) is 34.9 Å². The van der Waals surface area contributed by atoms with E-state index in [2.05, 4.69) is 16.0 Å². The minimum atomic E-state index is -2.43. The van der Waals surface area contributed by atoms with Crippen molar-refractivity contribution in [1.82, 2.24) is 4.72 Å². The van der Waals surface area contributed by atoms with Gasteiger partial charge in [0.1, 0.15) is 29.6 Å². The first kappa shape index (κ1) is 28.0. The number of rotatable bonds is 13. The van der Waals surface area contributed by atoms with Crippen LogP contribution in [0.25, 0.3) is 0 Å². The number of alkyl halides is 4. The lowest BCUT2D eigenvalue weighted by Crippen LogP contribution is -2.40. The fourth-order valence-electron chi connectivity index (χ4n) is 4.42. The van der Waals surface area contributed by atoms with Crippen molar-refractivity contribution in [2.24, 2.45) is 16.2 Å². The van der Waals surface area contributed by atoms with Gasteiger partial charge in [0.2, 0.25) is 6.43 Å². The van der Waals surface area contributed by atoms with Crippen LogP contribution in [0.15, 0.2) is 22.6 Å². The number of halogens is 4. The van der Waals surface area contributed by atoms with Gasteiger partial charge in [0.25, 0.3) is 0 Å². The van der Waals surface area contributed by atoms with Gasteiger partial charge in [0.05, 0.1) is 17.0 Å². The molecule has 0 spiro atoms. The molecule has 2 aliphatic carbocycles. The monoisotopic (exact) mass is 532 g/mol. The Morgan fingerprint density at radius 2 is 2.00 bits per heavy atom. The van der Waals surface area contributed by atoms with E-state index in [1.54, 1.807) is 12.1 Å². The molecule has 3 N–H and O–H groups in total. The third-order valence-electron chi connectivity index (χ3n) is 6.63. The van der Waals surface area contributed by atoms with Gasteiger partial charge >= 0.3 is 0 Å². The van der Waals surface area contributed by atoms with Gasteiger partial charge in [-0.15, -0.1) is 0 Å². The highest BCUT2D eigenvalue weighted by molar-refractivity contribution is 7.99. The Bertz CT molecular complexity index is 940.